The normalized spacial score (nSPS) is 11.1. The van der Waals surface area contributed by atoms with Crippen molar-refractivity contribution >= 4 is 16.8 Å². The second-order valence-corrected chi connectivity index (χ2v) is 6.60. The lowest BCUT2D eigenvalue weighted by Gasteiger charge is -2.11. The van der Waals surface area contributed by atoms with Gasteiger partial charge in [0.05, 0.1) is 7.11 Å². The molecule has 2 aromatic carbocycles. The Morgan fingerprint density at radius 2 is 1.93 bits per heavy atom. The first-order valence-corrected chi connectivity index (χ1v) is 8.87. The third-order valence-corrected chi connectivity index (χ3v) is 4.48. The molecule has 0 aliphatic carbocycles. The molecule has 0 bridgehead atoms. The van der Waals surface area contributed by atoms with Crippen LogP contribution in [0.4, 0.5) is 8.78 Å². The molecule has 148 valence electrons. The molecule has 1 amide bonds. The number of benzene rings is 2. The average molecular weight is 388 g/mol. The molecule has 1 aromatic heterocycles. The van der Waals surface area contributed by atoms with Gasteiger partial charge in [-0.15, -0.1) is 0 Å². The Hall–Kier alpha value is -3.09. The van der Waals surface area contributed by atoms with Crippen molar-refractivity contribution in [2.45, 2.75) is 26.9 Å². The number of alkyl halides is 2. The fraction of sp³-hybridized carbons (Fsp3) is 0.286. The first kappa shape index (κ1) is 19.7. The number of carbonyl (C=O) groups is 1. The number of aryl methyl sites for hydroxylation is 2. The van der Waals surface area contributed by atoms with Crippen LogP contribution in [0.1, 0.15) is 27.2 Å². The first-order chi connectivity index (χ1) is 13.4. The molecule has 0 radical (unpaired) electrons. The number of methoxy groups -OCH3 is 1. The molecule has 7 heteroatoms. The molecule has 0 atom stereocenters. The molecule has 0 saturated heterocycles. The SMILES string of the molecule is COc1ccc(CCNC(=O)c2cc3c(C)cc(C)cc3[nH]2)cc1OC(F)F. The van der Waals surface area contributed by atoms with Crippen molar-refractivity contribution in [3.8, 4) is 11.5 Å². The fourth-order valence-electron chi connectivity index (χ4n) is 3.20. The number of hydrogen-bond acceptors (Lipinski definition) is 3. The molecule has 3 rings (SSSR count). The van der Waals surface area contributed by atoms with Gasteiger partial charge in [0.2, 0.25) is 0 Å². The second-order valence-electron chi connectivity index (χ2n) is 6.60. The highest BCUT2D eigenvalue weighted by molar-refractivity contribution is 5.99. The molecule has 0 aliphatic heterocycles. The smallest absolute Gasteiger partial charge is 0.387 e. The minimum Gasteiger partial charge on any atom is -0.493 e. The van der Waals surface area contributed by atoms with Gasteiger partial charge in [-0.25, -0.2) is 0 Å². The molecular formula is C21H22F2N2O3. The fourth-order valence-corrected chi connectivity index (χ4v) is 3.20. The van der Waals surface area contributed by atoms with Gasteiger partial charge in [0.15, 0.2) is 11.5 Å². The minimum absolute atomic E-state index is 0.0252. The Kier molecular flexibility index (Phi) is 5.82. The van der Waals surface area contributed by atoms with Crippen molar-refractivity contribution in [3.63, 3.8) is 0 Å². The van der Waals surface area contributed by atoms with E-state index >= 15 is 0 Å². The van der Waals surface area contributed by atoms with Crippen LogP contribution in [0.2, 0.25) is 0 Å². The number of aromatic amines is 1. The predicted molar refractivity (Wildman–Crippen MR) is 103 cm³/mol. The van der Waals surface area contributed by atoms with Crippen molar-refractivity contribution in [1.82, 2.24) is 10.3 Å². The largest absolute Gasteiger partial charge is 0.493 e. The van der Waals surface area contributed by atoms with Gasteiger partial charge in [0, 0.05) is 17.4 Å². The van der Waals surface area contributed by atoms with E-state index in [2.05, 4.69) is 21.1 Å². The van der Waals surface area contributed by atoms with Crippen LogP contribution < -0.4 is 14.8 Å². The number of rotatable bonds is 7. The Labute approximate surface area is 161 Å². The number of nitrogens with one attached hydrogen (secondary N) is 2. The second kappa shape index (κ2) is 8.29. The third kappa shape index (κ3) is 4.42. The average Bonchev–Trinajstić information content (AvgIpc) is 3.06. The van der Waals surface area contributed by atoms with E-state index in [9.17, 15) is 13.6 Å². The lowest BCUT2D eigenvalue weighted by Crippen LogP contribution is -2.25. The van der Waals surface area contributed by atoms with E-state index in [1.165, 1.54) is 13.2 Å². The number of carbonyl (C=O) groups excluding carboxylic acids is 1. The third-order valence-electron chi connectivity index (χ3n) is 4.48. The molecule has 0 fully saturated rings. The van der Waals surface area contributed by atoms with E-state index in [0.717, 1.165) is 27.6 Å². The van der Waals surface area contributed by atoms with Crippen LogP contribution in [0.15, 0.2) is 36.4 Å². The van der Waals surface area contributed by atoms with Gasteiger partial charge >= 0.3 is 6.61 Å². The van der Waals surface area contributed by atoms with E-state index < -0.39 is 6.61 Å². The number of aromatic nitrogens is 1. The summed E-state index contributed by atoms with van der Waals surface area (Å²) in [4.78, 5) is 15.6. The number of fused-ring (bicyclic) bond motifs is 1. The number of halogens is 2. The molecule has 0 unspecified atom stereocenters. The van der Waals surface area contributed by atoms with Crippen molar-refractivity contribution in [2.75, 3.05) is 13.7 Å². The van der Waals surface area contributed by atoms with E-state index in [-0.39, 0.29) is 17.4 Å². The molecule has 3 aromatic rings. The van der Waals surface area contributed by atoms with Gasteiger partial charge in [-0.3, -0.25) is 4.79 Å². The quantitative estimate of drug-likeness (QED) is 0.632. The van der Waals surface area contributed by atoms with Crippen molar-refractivity contribution in [3.05, 3.63) is 58.8 Å². The molecule has 0 saturated carbocycles. The van der Waals surface area contributed by atoms with Gasteiger partial charge in [-0.05, 0) is 61.2 Å². The maximum absolute atomic E-state index is 12.5. The molecule has 0 aliphatic rings. The van der Waals surface area contributed by atoms with Crippen LogP contribution >= 0.6 is 0 Å². The number of ether oxygens (including phenoxy) is 2. The van der Waals surface area contributed by atoms with E-state index in [4.69, 9.17) is 4.74 Å². The Balaban J connectivity index is 1.65. The van der Waals surface area contributed by atoms with Crippen LogP contribution in [0.3, 0.4) is 0 Å². The molecule has 28 heavy (non-hydrogen) atoms. The van der Waals surface area contributed by atoms with E-state index in [1.54, 1.807) is 12.1 Å². The van der Waals surface area contributed by atoms with Gasteiger partial charge in [0.25, 0.3) is 5.91 Å². The zero-order chi connectivity index (χ0) is 20.3. The van der Waals surface area contributed by atoms with Gasteiger partial charge < -0.3 is 19.8 Å². The summed E-state index contributed by atoms with van der Waals surface area (Å²) in [6, 6.07) is 10.7. The van der Waals surface area contributed by atoms with E-state index in [0.29, 0.717) is 18.7 Å². The Morgan fingerprint density at radius 3 is 2.64 bits per heavy atom. The molecule has 2 N–H and O–H groups in total. The van der Waals surface area contributed by atoms with Crippen LogP contribution in [-0.4, -0.2) is 31.2 Å². The number of hydrogen-bond donors (Lipinski definition) is 2. The summed E-state index contributed by atoms with van der Waals surface area (Å²) in [6.07, 6.45) is 0.466. The topological polar surface area (TPSA) is 63.3 Å². The molecule has 1 heterocycles. The highest BCUT2D eigenvalue weighted by Gasteiger charge is 2.13. The molecule has 5 nitrogen and oxygen atoms in total. The summed E-state index contributed by atoms with van der Waals surface area (Å²) < 4.78 is 34.5. The minimum atomic E-state index is -2.93. The number of H-pyrrole nitrogens is 1. The van der Waals surface area contributed by atoms with Crippen molar-refractivity contribution in [2.24, 2.45) is 0 Å². The summed E-state index contributed by atoms with van der Waals surface area (Å²) in [6.45, 7) is 1.44. The van der Waals surface area contributed by atoms with Gasteiger partial charge in [0.1, 0.15) is 5.69 Å². The molecular weight excluding hydrogens is 366 g/mol. The zero-order valence-electron chi connectivity index (χ0n) is 15.9. The van der Waals surface area contributed by atoms with Crippen molar-refractivity contribution < 1.29 is 23.0 Å². The lowest BCUT2D eigenvalue weighted by atomic mass is 10.1. The highest BCUT2D eigenvalue weighted by Crippen LogP contribution is 2.29. The van der Waals surface area contributed by atoms with E-state index in [1.807, 2.05) is 26.0 Å². The summed E-state index contributed by atoms with van der Waals surface area (Å²) >= 11 is 0. The van der Waals surface area contributed by atoms with Crippen LogP contribution in [0, 0.1) is 13.8 Å². The number of amides is 1. The Morgan fingerprint density at radius 1 is 1.14 bits per heavy atom. The standard InChI is InChI=1S/C21H22F2N2O3/c1-12-8-13(2)15-11-17(25-16(15)9-12)20(26)24-7-6-14-4-5-18(27-3)19(10-14)28-21(22)23/h4-5,8-11,21,25H,6-7H2,1-3H3,(H,24,26). The lowest BCUT2D eigenvalue weighted by molar-refractivity contribution is -0.0512. The van der Waals surface area contributed by atoms with Gasteiger partial charge in [-0.2, -0.15) is 8.78 Å². The first-order valence-electron chi connectivity index (χ1n) is 8.87. The highest BCUT2D eigenvalue weighted by atomic mass is 19.3. The van der Waals surface area contributed by atoms with Crippen LogP contribution in [0.5, 0.6) is 11.5 Å². The van der Waals surface area contributed by atoms with Crippen molar-refractivity contribution in [1.29, 1.82) is 0 Å². The summed E-state index contributed by atoms with van der Waals surface area (Å²) in [5, 5.41) is 3.85. The van der Waals surface area contributed by atoms with Crippen LogP contribution in [0.25, 0.3) is 10.9 Å². The molecule has 0 spiro atoms. The van der Waals surface area contributed by atoms with Gasteiger partial charge in [-0.1, -0.05) is 12.1 Å². The van der Waals surface area contributed by atoms with Crippen LogP contribution in [-0.2, 0) is 6.42 Å². The maximum atomic E-state index is 12.5. The zero-order valence-corrected chi connectivity index (χ0v) is 15.9. The maximum Gasteiger partial charge on any atom is 0.387 e. The monoisotopic (exact) mass is 388 g/mol. The predicted octanol–water partition coefficient (Wildman–Crippen LogP) is 4.37. The summed E-state index contributed by atoms with van der Waals surface area (Å²) in [5.74, 6) is -0.00886. The Bertz CT molecular complexity index is 999. The summed E-state index contributed by atoms with van der Waals surface area (Å²) in [7, 11) is 1.39. The summed E-state index contributed by atoms with van der Waals surface area (Å²) in [5.41, 5.74) is 4.39.